The molecule has 186 valence electrons. The number of rotatable bonds is 8. The number of methoxy groups -OCH3 is 2. The molecule has 4 unspecified atom stereocenters. The largest absolute Gasteiger partial charge is 0.725 e. The first kappa shape index (κ1) is 26.7. The minimum absolute atomic E-state index is 0.686. The van der Waals surface area contributed by atoms with Gasteiger partial charge in [-0.3, -0.25) is 4.79 Å². The summed E-state index contributed by atoms with van der Waals surface area (Å²) >= 11 is 0. The van der Waals surface area contributed by atoms with Gasteiger partial charge in [0.25, 0.3) is 0 Å². The molecular weight excluding hydrogens is 466 g/mol. The zero-order valence-electron chi connectivity index (χ0n) is 16.9. The van der Waals surface area contributed by atoms with Crippen molar-refractivity contribution in [3.63, 3.8) is 0 Å². The van der Waals surface area contributed by atoms with Crippen molar-refractivity contribution in [3.8, 4) is 0 Å². The van der Waals surface area contributed by atoms with Crippen LogP contribution in [0.1, 0.15) is 6.92 Å². The smallest absolute Gasteiger partial charge is 0.220 e. The van der Waals surface area contributed by atoms with Gasteiger partial charge in [-0.05, 0) is 0 Å². The Kier molecular flexibility index (Phi) is 8.87. The number of hydrogen-bond donors (Lipinski definition) is 4. The van der Waals surface area contributed by atoms with Gasteiger partial charge >= 0.3 is 0 Å². The second-order valence-electron chi connectivity index (χ2n) is 6.86. The number of amides is 1. The lowest BCUT2D eigenvalue weighted by Crippen LogP contribution is -2.68. The van der Waals surface area contributed by atoms with E-state index in [1.807, 2.05) is 0 Å². The van der Waals surface area contributed by atoms with E-state index in [4.69, 9.17) is 23.7 Å². The molecule has 0 aliphatic carbocycles. The fraction of sp³-hybridized carbons (Fsp3) is 0.867. The van der Waals surface area contributed by atoms with E-state index in [2.05, 4.69) is 9.50 Å². The molecule has 0 radical (unpaired) electrons. The topological polar surface area (TPSA) is 242 Å². The lowest BCUT2D eigenvalue weighted by molar-refractivity contribution is -0.371. The molecule has 4 N–H and O–H groups in total. The van der Waals surface area contributed by atoms with Crippen LogP contribution in [-0.2, 0) is 47.9 Å². The molecule has 2 fully saturated rings. The molecule has 0 aromatic rings. The van der Waals surface area contributed by atoms with E-state index >= 15 is 0 Å². The standard InChI is InChI=1S/C15H25NO15S/c1-4(17)16-5-9(8(20)15(30-13(5)27-3)31-32(23,24)25)28-14-7(19)6(18)10(26-2)11(29-14)12(21)22/h5-11,13-15,18-20H,1-3H3,(H,16,17)(H,21,22)(H,23,24,25)/p-2/t5?,6?,7?,8-,9?,10-,11+,13+,14+,15-/m0/s1. The first-order chi connectivity index (χ1) is 14.8. The summed E-state index contributed by atoms with van der Waals surface area (Å²) in [7, 11) is -3.27. The van der Waals surface area contributed by atoms with Crippen LogP contribution in [0.3, 0.4) is 0 Å². The summed E-state index contributed by atoms with van der Waals surface area (Å²) in [6.07, 6.45) is -16.8. The van der Waals surface area contributed by atoms with Crippen LogP contribution >= 0.6 is 0 Å². The van der Waals surface area contributed by atoms with Crippen LogP contribution in [0.15, 0.2) is 0 Å². The molecule has 32 heavy (non-hydrogen) atoms. The predicted molar refractivity (Wildman–Crippen MR) is 91.4 cm³/mol. The van der Waals surface area contributed by atoms with Gasteiger partial charge in [0.2, 0.25) is 22.6 Å². The number of aliphatic hydroxyl groups excluding tert-OH is 3. The maximum atomic E-state index is 11.6. The molecule has 2 aliphatic heterocycles. The highest BCUT2D eigenvalue weighted by molar-refractivity contribution is 7.80. The highest BCUT2D eigenvalue weighted by atomic mass is 32.3. The van der Waals surface area contributed by atoms with Crippen LogP contribution in [0.4, 0.5) is 0 Å². The number of aliphatic hydroxyl groups is 3. The van der Waals surface area contributed by atoms with Gasteiger partial charge in [0.1, 0.15) is 42.7 Å². The maximum absolute atomic E-state index is 11.6. The van der Waals surface area contributed by atoms with E-state index < -0.39 is 83.8 Å². The van der Waals surface area contributed by atoms with Crippen molar-refractivity contribution < 1.29 is 70.9 Å². The number of nitrogens with one attached hydrogen (secondary N) is 1. The van der Waals surface area contributed by atoms with Crippen molar-refractivity contribution in [2.45, 2.75) is 68.5 Å². The predicted octanol–water partition coefficient (Wildman–Crippen LogP) is -5.75. The van der Waals surface area contributed by atoms with Crippen LogP contribution in [0, 0.1) is 0 Å². The Morgan fingerprint density at radius 2 is 1.56 bits per heavy atom. The lowest BCUT2D eigenvalue weighted by atomic mass is 9.97. The summed E-state index contributed by atoms with van der Waals surface area (Å²) in [5.74, 6) is -2.51. The van der Waals surface area contributed by atoms with Crippen LogP contribution < -0.4 is 10.4 Å². The van der Waals surface area contributed by atoms with Crippen LogP contribution in [0.25, 0.3) is 0 Å². The first-order valence-corrected chi connectivity index (χ1v) is 10.3. The molecule has 16 nitrogen and oxygen atoms in total. The molecule has 0 saturated carbocycles. The Bertz CT molecular complexity index is 777. The second-order valence-corrected chi connectivity index (χ2v) is 7.87. The summed E-state index contributed by atoms with van der Waals surface area (Å²) in [4.78, 5) is 23.0. The Labute approximate surface area is 181 Å². The average Bonchev–Trinajstić information content (AvgIpc) is 2.68. The minimum atomic E-state index is -5.39. The summed E-state index contributed by atoms with van der Waals surface area (Å²) in [6, 6.07) is -1.41. The van der Waals surface area contributed by atoms with E-state index in [1.165, 1.54) is 0 Å². The summed E-state index contributed by atoms with van der Waals surface area (Å²) in [5, 5.41) is 44.7. The Balaban J connectivity index is 2.37. The summed E-state index contributed by atoms with van der Waals surface area (Å²) in [5.41, 5.74) is 0. The van der Waals surface area contributed by atoms with Crippen LogP contribution in [0.5, 0.6) is 0 Å². The third-order valence-electron chi connectivity index (χ3n) is 4.69. The van der Waals surface area contributed by atoms with Gasteiger partial charge in [-0.1, -0.05) is 0 Å². The lowest BCUT2D eigenvalue weighted by Gasteiger charge is -2.47. The fourth-order valence-electron chi connectivity index (χ4n) is 3.32. The third-order valence-corrected chi connectivity index (χ3v) is 5.11. The molecule has 0 bridgehead atoms. The first-order valence-electron chi connectivity index (χ1n) is 8.99. The normalized spacial score (nSPS) is 40.6. The Morgan fingerprint density at radius 1 is 0.938 bits per heavy atom. The minimum Gasteiger partial charge on any atom is -0.725 e. The SMILES string of the molecule is CO[C@@H]1O[C@@H](OS(=O)(=O)[O-])[C@@H](O)C(O[C@@H]2O[C@@H](C(=O)[O-])[C@@H](OC)C(O)C2O)C1NC(C)=O. The zero-order chi connectivity index (χ0) is 24.4. The summed E-state index contributed by atoms with van der Waals surface area (Å²) in [6.45, 7) is 1.08. The number of aliphatic carboxylic acids is 1. The highest BCUT2D eigenvalue weighted by Crippen LogP contribution is 2.31. The van der Waals surface area contributed by atoms with Crippen molar-refractivity contribution in [1.29, 1.82) is 0 Å². The monoisotopic (exact) mass is 489 g/mol. The van der Waals surface area contributed by atoms with E-state index in [9.17, 15) is 43.0 Å². The van der Waals surface area contributed by atoms with Gasteiger partial charge in [0.05, 0.1) is 5.97 Å². The number of hydrogen-bond acceptors (Lipinski definition) is 15. The van der Waals surface area contributed by atoms with E-state index in [0.29, 0.717) is 0 Å². The summed E-state index contributed by atoms with van der Waals surface area (Å²) < 4.78 is 62.4. The molecule has 17 heteroatoms. The Morgan fingerprint density at radius 3 is 2.03 bits per heavy atom. The molecule has 10 atom stereocenters. The van der Waals surface area contributed by atoms with Gasteiger partial charge in [0.15, 0.2) is 12.6 Å². The number of carbonyl (C=O) groups is 2. The molecular formula is C15H23NO15S-2. The number of ether oxygens (including phenoxy) is 5. The van der Waals surface area contributed by atoms with Crippen molar-refractivity contribution in [2.75, 3.05) is 14.2 Å². The average molecular weight is 489 g/mol. The third kappa shape index (κ3) is 6.08. The van der Waals surface area contributed by atoms with Gasteiger partial charge < -0.3 is 58.8 Å². The van der Waals surface area contributed by atoms with E-state index in [1.54, 1.807) is 0 Å². The molecule has 0 spiro atoms. The van der Waals surface area contributed by atoms with Crippen molar-refractivity contribution in [1.82, 2.24) is 5.32 Å². The highest BCUT2D eigenvalue weighted by Gasteiger charge is 2.53. The Hall–Kier alpha value is -1.51. The quantitative estimate of drug-likeness (QED) is 0.183. The van der Waals surface area contributed by atoms with Gasteiger partial charge in [-0.25, -0.2) is 12.6 Å². The molecule has 0 aromatic heterocycles. The number of carboxylic acids is 1. The van der Waals surface area contributed by atoms with Gasteiger partial charge in [-0.15, -0.1) is 0 Å². The van der Waals surface area contributed by atoms with Crippen molar-refractivity contribution in [2.24, 2.45) is 0 Å². The molecule has 0 aromatic carbocycles. The van der Waals surface area contributed by atoms with Crippen LogP contribution in [0.2, 0.25) is 0 Å². The number of carboxylic acid groups (broad SMARTS) is 1. The van der Waals surface area contributed by atoms with E-state index in [-0.39, 0.29) is 0 Å². The molecule has 1 amide bonds. The van der Waals surface area contributed by atoms with Gasteiger partial charge in [0, 0.05) is 21.1 Å². The molecule has 2 rings (SSSR count). The number of carbonyl (C=O) groups excluding carboxylic acids is 2. The molecule has 2 aliphatic rings. The van der Waals surface area contributed by atoms with E-state index in [0.717, 1.165) is 21.1 Å². The zero-order valence-corrected chi connectivity index (χ0v) is 17.7. The van der Waals surface area contributed by atoms with Crippen LogP contribution in [-0.4, -0.2) is 116 Å². The van der Waals surface area contributed by atoms with Gasteiger partial charge in [-0.2, -0.15) is 0 Å². The molecule has 2 saturated heterocycles. The van der Waals surface area contributed by atoms with Crippen molar-refractivity contribution >= 4 is 22.3 Å². The second kappa shape index (κ2) is 10.6. The van der Waals surface area contributed by atoms with Crippen molar-refractivity contribution in [3.05, 3.63) is 0 Å². The molecule has 2 heterocycles. The maximum Gasteiger partial charge on any atom is 0.220 e. The fourth-order valence-corrected chi connectivity index (χ4v) is 3.72.